The first-order valence-corrected chi connectivity index (χ1v) is 8.00. The lowest BCUT2D eigenvalue weighted by Gasteiger charge is -2.37. The Morgan fingerprint density at radius 2 is 2.14 bits per heavy atom. The zero-order chi connectivity index (χ0) is 15.4. The molecule has 6 heteroatoms. The summed E-state index contributed by atoms with van der Waals surface area (Å²) >= 11 is 0. The van der Waals surface area contributed by atoms with E-state index in [0.29, 0.717) is 18.7 Å². The number of halogens is 1. The topological polar surface area (TPSA) is 56.4 Å². The molecule has 22 heavy (non-hydrogen) atoms. The SMILES string of the molecule is O=C(NCC1CCNN1)N(Cc1ccccc1F)C1CCC1. The van der Waals surface area contributed by atoms with Crippen molar-refractivity contribution in [3.8, 4) is 0 Å². The van der Waals surface area contributed by atoms with Gasteiger partial charge in [-0.2, -0.15) is 0 Å². The molecule has 1 aliphatic heterocycles. The Bertz CT molecular complexity index is 515. The normalized spacial score (nSPS) is 21.4. The maximum absolute atomic E-state index is 13.9. The van der Waals surface area contributed by atoms with E-state index in [4.69, 9.17) is 0 Å². The van der Waals surface area contributed by atoms with Gasteiger partial charge < -0.3 is 10.2 Å². The summed E-state index contributed by atoms with van der Waals surface area (Å²) < 4.78 is 13.9. The van der Waals surface area contributed by atoms with Gasteiger partial charge in [0.2, 0.25) is 0 Å². The Morgan fingerprint density at radius 1 is 1.32 bits per heavy atom. The monoisotopic (exact) mass is 306 g/mol. The quantitative estimate of drug-likeness (QED) is 0.777. The number of hydrogen-bond acceptors (Lipinski definition) is 3. The van der Waals surface area contributed by atoms with Crippen molar-refractivity contribution in [3.63, 3.8) is 0 Å². The van der Waals surface area contributed by atoms with Gasteiger partial charge in [-0.15, -0.1) is 0 Å². The molecule has 1 heterocycles. The molecule has 0 aromatic heterocycles. The minimum absolute atomic E-state index is 0.0957. The first-order valence-electron chi connectivity index (χ1n) is 8.00. The highest BCUT2D eigenvalue weighted by molar-refractivity contribution is 5.74. The van der Waals surface area contributed by atoms with Crippen molar-refractivity contribution in [1.82, 2.24) is 21.1 Å². The highest BCUT2D eigenvalue weighted by atomic mass is 19.1. The lowest BCUT2D eigenvalue weighted by molar-refractivity contribution is 0.131. The van der Waals surface area contributed by atoms with Crippen LogP contribution < -0.4 is 16.2 Å². The second-order valence-corrected chi connectivity index (χ2v) is 6.05. The van der Waals surface area contributed by atoms with Gasteiger partial charge in [0.05, 0.1) is 6.54 Å². The Balaban J connectivity index is 1.61. The molecule has 1 aromatic rings. The van der Waals surface area contributed by atoms with Crippen LogP contribution in [0.25, 0.3) is 0 Å². The van der Waals surface area contributed by atoms with E-state index in [0.717, 1.165) is 32.2 Å². The highest BCUT2D eigenvalue weighted by Gasteiger charge is 2.29. The van der Waals surface area contributed by atoms with Crippen molar-refractivity contribution < 1.29 is 9.18 Å². The third-order valence-corrected chi connectivity index (χ3v) is 4.50. The Labute approximate surface area is 130 Å². The molecule has 0 bridgehead atoms. The van der Waals surface area contributed by atoms with E-state index < -0.39 is 0 Å². The Hall–Kier alpha value is -1.66. The number of hydrazine groups is 1. The molecule has 120 valence electrons. The van der Waals surface area contributed by atoms with E-state index in [1.165, 1.54) is 6.07 Å². The summed E-state index contributed by atoms with van der Waals surface area (Å²) in [5.74, 6) is -0.249. The second kappa shape index (κ2) is 7.07. The minimum Gasteiger partial charge on any atom is -0.336 e. The predicted molar refractivity (Wildman–Crippen MR) is 82.5 cm³/mol. The van der Waals surface area contributed by atoms with Gasteiger partial charge in [-0.1, -0.05) is 18.2 Å². The number of benzene rings is 1. The van der Waals surface area contributed by atoms with Crippen LogP contribution in [0.5, 0.6) is 0 Å². The lowest BCUT2D eigenvalue weighted by atomic mass is 9.91. The number of carbonyl (C=O) groups is 1. The van der Waals surface area contributed by atoms with E-state index in [9.17, 15) is 9.18 Å². The van der Waals surface area contributed by atoms with Crippen molar-refractivity contribution in [2.45, 2.75) is 44.3 Å². The van der Waals surface area contributed by atoms with Crippen molar-refractivity contribution in [2.75, 3.05) is 13.1 Å². The number of amides is 2. The molecule has 1 atom stereocenters. The highest BCUT2D eigenvalue weighted by Crippen LogP contribution is 2.26. The summed E-state index contributed by atoms with van der Waals surface area (Å²) in [6.45, 7) is 1.84. The first kappa shape index (κ1) is 15.2. The number of rotatable bonds is 5. The first-order chi connectivity index (χ1) is 10.7. The van der Waals surface area contributed by atoms with Gasteiger partial charge in [-0.3, -0.25) is 10.9 Å². The Kier molecular flexibility index (Phi) is 4.90. The zero-order valence-electron chi connectivity index (χ0n) is 12.6. The average Bonchev–Trinajstić information content (AvgIpc) is 2.97. The maximum Gasteiger partial charge on any atom is 0.318 e. The van der Waals surface area contributed by atoms with E-state index in [2.05, 4.69) is 16.2 Å². The number of hydrogen-bond donors (Lipinski definition) is 3. The molecule has 3 N–H and O–H groups in total. The molecule has 2 amide bonds. The van der Waals surface area contributed by atoms with E-state index in [1.54, 1.807) is 17.0 Å². The lowest BCUT2D eigenvalue weighted by Crippen LogP contribution is -2.51. The van der Waals surface area contributed by atoms with Crippen molar-refractivity contribution in [1.29, 1.82) is 0 Å². The molecule has 2 aliphatic rings. The predicted octanol–water partition coefficient (Wildman–Crippen LogP) is 1.76. The van der Waals surface area contributed by atoms with Crippen LogP contribution >= 0.6 is 0 Å². The van der Waals surface area contributed by atoms with Gasteiger partial charge in [0, 0.05) is 30.7 Å². The smallest absolute Gasteiger partial charge is 0.318 e. The zero-order valence-corrected chi connectivity index (χ0v) is 12.6. The second-order valence-electron chi connectivity index (χ2n) is 6.05. The molecule has 3 rings (SSSR count). The summed E-state index contributed by atoms with van der Waals surface area (Å²) in [6, 6.07) is 7.07. The van der Waals surface area contributed by atoms with Crippen molar-refractivity contribution >= 4 is 6.03 Å². The summed E-state index contributed by atoms with van der Waals surface area (Å²) in [6.07, 6.45) is 4.15. The van der Waals surface area contributed by atoms with Crippen LogP contribution in [0.1, 0.15) is 31.2 Å². The standard InChI is InChI=1S/C16H23FN4O/c17-15-7-2-1-4-12(15)11-21(14-5-3-6-14)16(22)18-10-13-8-9-19-20-13/h1-2,4,7,13-14,19-20H,3,5-6,8-11H2,(H,18,22). The molecule has 0 spiro atoms. The van der Waals surface area contributed by atoms with Crippen molar-refractivity contribution in [2.24, 2.45) is 0 Å². The van der Waals surface area contributed by atoms with Gasteiger partial charge in [-0.05, 0) is 31.7 Å². The third kappa shape index (κ3) is 3.56. The van der Waals surface area contributed by atoms with Gasteiger partial charge in [-0.25, -0.2) is 9.18 Å². The molecule has 0 radical (unpaired) electrons. The van der Waals surface area contributed by atoms with Crippen LogP contribution in [0.4, 0.5) is 9.18 Å². The average molecular weight is 306 g/mol. The van der Waals surface area contributed by atoms with Crippen LogP contribution in [0.3, 0.4) is 0 Å². The number of nitrogens with one attached hydrogen (secondary N) is 3. The maximum atomic E-state index is 13.9. The van der Waals surface area contributed by atoms with Crippen LogP contribution in [0, 0.1) is 5.82 Å². The molecular weight excluding hydrogens is 283 g/mol. The third-order valence-electron chi connectivity index (χ3n) is 4.50. The fourth-order valence-corrected chi connectivity index (χ4v) is 2.88. The summed E-state index contributed by atoms with van der Waals surface area (Å²) in [5.41, 5.74) is 6.75. The summed E-state index contributed by atoms with van der Waals surface area (Å²) in [7, 11) is 0. The van der Waals surface area contributed by atoms with Gasteiger partial charge >= 0.3 is 6.03 Å². The molecule has 1 aromatic carbocycles. The van der Waals surface area contributed by atoms with Crippen LogP contribution in [-0.4, -0.2) is 36.1 Å². The number of urea groups is 1. The fraction of sp³-hybridized carbons (Fsp3) is 0.562. The minimum atomic E-state index is -0.249. The van der Waals surface area contributed by atoms with Gasteiger partial charge in [0.15, 0.2) is 0 Å². The molecule has 1 unspecified atom stereocenters. The Morgan fingerprint density at radius 3 is 2.77 bits per heavy atom. The molecule has 1 saturated heterocycles. The molecule has 1 aliphatic carbocycles. The van der Waals surface area contributed by atoms with E-state index in [-0.39, 0.29) is 23.9 Å². The molecule has 1 saturated carbocycles. The summed E-state index contributed by atoms with van der Waals surface area (Å²) in [5, 5.41) is 2.98. The molecular formula is C16H23FN4O. The number of nitrogens with zero attached hydrogens (tertiary/aromatic N) is 1. The van der Waals surface area contributed by atoms with Gasteiger partial charge in [0.25, 0.3) is 0 Å². The molecule has 2 fully saturated rings. The largest absolute Gasteiger partial charge is 0.336 e. The number of carbonyl (C=O) groups excluding carboxylic acids is 1. The molecule has 5 nitrogen and oxygen atoms in total. The fourth-order valence-electron chi connectivity index (χ4n) is 2.88. The van der Waals surface area contributed by atoms with Crippen LogP contribution in [-0.2, 0) is 6.54 Å². The summed E-state index contributed by atoms with van der Waals surface area (Å²) in [4.78, 5) is 14.3. The van der Waals surface area contributed by atoms with E-state index >= 15 is 0 Å². The van der Waals surface area contributed by atoms with Crippen LogP contribution in [0.2, 0.25) is 0 Å². The van der Waals surface area contributed by atoms with Crippen molar-refractivity contribution in [3.05, 3.63) is 35.6 Å². The van der Waals surface area contributed by atoms with Gasteiger partial charge in [0.1, 0.15) is 5.82 Å². The van der Waals surface area contributed by atoms with Crippen LogP contribution in [0.15, 0.2) is 24.3 Å². The van der Waals surface area contributed by atoms with E-state index in [1.807, 2.05) is 6.07 Å².